The minimum Gasteiger partial charge on any atom is -0.480 e. The fourth-order valence-electron chi connectivity index (χ4n) is 13.2. The molecule has 0 bridgehead atoms. The standard InChI is InChI=1S/C75H100N5O16PS2/c1-7-9-20-48-80-66-42-40-60(99(93,94)95)52-62(66)75(5,6)69(80)44-36-56-28-22-27-55(35-43-68-74(3,4)61-51-59(98(90,91)92)39-41-65(61)79(68)47-10-8-2)71(56)96-58-37-33-53(34-38-58)26-21-31-67(82)64(50-54-24-16-15-17-25-54)77-70(83)32-19-14-12-11-13-18-29-57(81)30-23-46-76-73(86)78-63(72(84)85)45-49-97(87,88)89/h15-17,24-25,33-44,51-52,63-64H,7-14,18-23,26-32,45-50H2,1-6H3,(H7-,76,77,78,83,84,85,86,87,88,89,90,91,92,93,94,95)/p+1/t63-,64-/m1/s1. The molecule has 3 amide bonds. The predicted octanol–water partition coefficient (Wildman–Crippen LogP) is 13.6. The van der Waals surface area contributed by atoms with E-state index in [1.165, 1.54) is 12.1 Å². The number of aliphatic carboxylic acids is 1. The molecular weight excluding hydrogens is 1320 g/mol. The number of Topliss-reactive ketones (excluding diaryl/α,β-unsaturated/α-hetero) is 2. The Labute approximate surface area is 584 Å². The van der Waals surface area contributed by atoms with Gasteiger partial charge in [-0.3, -0.25) is 28.1 Å². The minimum absolute atomic E-state index is 0.0372. The van der Waals surface area contributed by atoms with Gasteiger partial charge in [-0.2, -0.15) is 21.4 Å². The van der Waals surface area contributed by atoms with Gasteiger partial charge in [-0.15, -0.1) is 0 Å². The summed E-state index contributed by atoms with van der Waals surface area (Å²) in [6.45, 7) is 14.0. The van der Waals surface area contributed by atoms with E-state index < -0.39 is 75.3 Å². The van der Waals surface area contributed by atoms with Crippen LogP contribution in [0, 0.1) is 0 Å². The number of amides is 3. The molecule has 21 nitrogen and oxygen atoms in total. The number of rotatable bonds is 40. The third kappa shape index (κ3) is 23.1. The zero-order valence-corrected chi connectivity index (χ0v) is 60.6. The lowest BCUT2D eigenvalue weighted by molar-refractivity contribution is -0.438. The fourth-order valence-corrected chi connectivity index (χ4v) is 14.8. The molecule has 3 aliphatic rings. The molecule has 2 atom stereocenters. The lowest BCUT2D eigenvalue weighted by Crippen LogP contribution is -2.46. The number of carbonyl (C=O) groups is 5. The summed E-state index contributed by atoms with van der Waals surface area (Å²) >= 11 is 0. The van der Waals surface area contributed by atoms with Crippen LogP contribution in [-0.4, -0.2) is 118 Å². The van der Waals surface area contributed by atoms with Crippen LogP contribution in [0.3, 0.4) is 0 Å². The molecule has 0 unspecified atom stereocenters. The summed E-state index contributed by atoms with van der Waals surface area (Å²) < 4.78 is 90.3. The van der Waals surface area contributed by atoms with Crippen molar-refractivity contribution in [1.29, 1.82) is 0 Å². The summed E-state index contributed by atoms with van der Waals surface area (Å²) in [6.07, 6.45) is 22.0. The number of carbonyl (C=O) groups excluding carboxylic acids is 4. The molecule has 8 N–H and O–H groups in total. The average molecular weight is 1420 g/mol. The monoisotopic (exact) mass is 1420 g/mol. The molecule has 1 aliphatic carbocycles. The van der Waals surface area contributed by atoms with E-state index >= 15 is 0 Å². The van der Waals surface area contributed by atoms with Crippen LogP contribution in [0.25, 0.3) is 0 Å². The van der Waals surface area contributed by atoms with Gasteiger partial charge in [0, 0.05) is 79.7 Å². The van der Waals surface area contributed by atoms with Crippen LogP contribution in [-0.2, 0) is 67.7 Å². The Bertz CT molecular complexity index is 3970. The number of unbranched alkanes of at least 4 members (excludes halogenated alkanes) is 8. The van der Waals surface area contributed by atoms with E-state index in [1.54, 1.807) is 24.3 Å². The van der Waals surface area contributed by atoms with Crippen LogP contribution >= 0.6 is 7.60 Å². The van der Waals surface area contributed by atoms with Crippen molar-refractivity contribution in [2.45, 2.75) is 222 Å². The third-order valence-corrected chi connectivity index (χ3v) is 21.3. The number of ether oxygens (including phenoxy) is 1. The Morgan fingerprint density at radius 1 is 0.677 bits per heavy atom. The van der Waals surface area contributed by atoms with Crippen molar-refractivity contribution in [2.75, 3.05) is 30.7 Å². The molecule has 0 saturated carbocycles. The van der Waals surface area contributed by atoms with Crippen molar-refractivity contribution < 1.29 is 78.7 Å². The summed E-state index contributed by atoms with van der Waals surface area (Å²) in [5.41, 5.74) is 7.87. The van der Waals surface area contributed by atoms with Crippen LogP contribution in [0.15, 0.2) is 148 Å². The van der Waals surface area contributed by atoms with Crippen molar-refractivity contribution >= 4 is 74.4 Å². The second-order valence-electron chi connectivity index (χ2n) is 27.2. The number of fused-ring (bicyclic) bond motifs is 2. The van der Waals surface area contributed by atoms with E-state index in [9.17, 15) is 59.6 Å². The van der Waals surface area contributed by atoms with Crippen molar-refractivity contribution in [3.63, 3.8) is 0 Å². The van der Waals surface area contributed by atoms with Crippen LogP contribution in [0.1, 0.15) is 199 Å². The first-order valence-corrected chi connectivity index (χ1v) is 39.5. The van der Waals surface area contributed by atoms with Gasteiger partial charge in [0.2, 0.25) is 11.6 Å². The SMILES string of the molecule is CCCCC[N+]1=C(/C=C/C2=C(Oc3ccc(CCCC(=O)[C@@H](Cc4ccccc4)NC(=O)CCCCCCCCC(=O)CCCNC(=O)N[C@H](CCP(=O)(O)O)C(=O)O)cc3)C(=C/C=C3/N(CCCC)c4ccc(S(=O)(=O)O)cc4C3(C)C)/CCC2)C(C)(C)c2cc(S(=O)(=O)O)ccc21. The van der Waals surface area contributed by atoms with Gasteiger partial charge in [0.1, 0.15) is 29.9 Å². The number of carboxylic acids is 1. The number of allylic oxidation sites excluding steroid dienone is 7. The maximum absolute atomic E-state index is 14.0. The number of benzene rings is 4. The van der Waals surface area contributed by atoms with Crippen LogP contribution in [0.4, 0.5) is 16.2 Å². The topological polar surface area (TPSA) is 323 Å². The quantitative estimate of drug-likeness (QED) is 0.00888. The van der Waals surface area contributed by atoms with Gasteiger partial charge < -0.3 is 40.5 Å². The second kappa shape index (κ2) is 36.3. The summed E-state index contributed by atoms with van der Waals surface area (Å²) in [4.78, 5) is 83.4. The normalized spacial score (nSPS) is 16.6. The van der Waals surface area contributed by atoms with E-state index in [4.69, 9.17) is 14.5 Å². The van der Waals surface area contributed by atoms with Crippen molar-refractivity contribution in [3.8, 4) is 5.75 Å². The molecule has 2 heterocycles. The zero-order chi connectivity index (χ0) is 72.1. The van der Waals surface area contributed by atoms with Crippen molar-refractivity contribution in [1.82, 2.24) is 16.0 Å². The molecule has 0 spiro atoms. The molecular formula is C75H101N5O16PS2+. The second-order valence-corrected chi connectivity index (χ2v) is 31.8. The Hall–Kier alpha value is -7.37. The number of nitrogens with one attached hydrogen (secondary N) is 3. The highest BCUT2D eigenvalue weighted by atomic mass is 32.2. The number of nitrogens with zero attached hydrogens (tertiary/aromatic N) is 2. The highest BCUT2D eigenvalue weighted by Gasteiger charge is 2.45. The highest BCUT2D eigenvalue weighted by molar-refractivity contribution is 7.86. The highest BCUT2D eigenvalue weighted by Crippen LogP contribution is 2.49. The Balaban J connectivity index is 0.994. The maximum atomic E-state index is 14.0. The molecule has 4 aromatic rings. The van der Waals surface area contributed by atoms with Crippen LogP contribution in [0.2, 0.25) is 0 Å². The van der Waals surface area contributed by atoms with Crippen molar-refractivity contribution in [2.24, 2.45) is 0 Å². The lowest BCUT2D eigenvalue weighted by atomic mass is 9.81. The molecule has 538 valence electrons. The van der Waals surface area contributed by atoms with E-state index in [0.717, 1.165) is 120 Å². The fraction of sp³-hybridized carbons (Fsp3) is 0.493. The molecule has 99 heavy (non-hydrogen) atoms. The van der Waals surface area contributed by atoms with Gasteiger partial charge in [0.05, 0.1) is 27.4 Å². The number of anilines is 1. The number of urea groups is 1. The number of ketones is 2. The number of aryl methyl sites for hydroxylation is 1. The lowest BCUT2D eigenvalue weighted by Gasteiger charge is -2.27. The first-order valence-electron chi connectivity index (χ1n) is 34.9. The van der Waals surface area contributed by atoms with Gasteiger partial charge in [-0.05, 0) is 173 Å². The van der Waals surface area contributed by atoms with E-state index in [2.05, 4.69) is 91.3 Å². The van der Waals surface area contributed by atoms with Gasteiger partial charge >= 0.3 is 19.6 Å². The summed E-state index contributed by atoms with van der Waals surface area (Å²) in [5.74, 6) is -0.327. The smallest absolute Gasteiger partial charge is 0.326 e. The van der Waals surface area contributed by atoms with Gasteiger partial charge in [0.25, 0.3) is 20.2 Å². The van der Waals surface area contributed by atoms with E-state index in [0.29, 0.717) is 82.4 Å². The Morgan fingerprint density at radius 3 is 1.98 bits per heavy atom. The number of hydrogen-bond acceptors (Lipinski definition) is 12. The van der Waals surface area contributed by atoms with E-state index in [-0.39, 0.29) is 53.1 Å². The third-order valence-electron chi connectivity index (χ3n) is 18.8. The van der Waals surface area contributed by atoms with Gasteiger partial charge in [-0.1, -0.05) is 115 Å². The van der Waals surface area contributed by atoms with Crippen LogP contribution in [0.5, 0.6) is 5.75 Å². The first kappa shape index (κ1) is 79.0. The molecule has 0 radical (unpaired) electrons. The predicted molar refractivity (Wildman–Crippen MR) is 384 cm³/mol. The first-order chi connectivity index (χ1) is 46.9. The Morgan fingerprint density at radius 2 is 1.32 bits per heavy atom. The molecule has 0 fully saturated rings. The largest absolute Gasteiger partial charge is 0.480 e. The molecule has 0 aromatic heterocycles. The molecule has 7 rings (SSSR count). The Kier molecular flexibility index (Phi) is 28.9. The molecule has 2 aliphatic heterocycles. The average Bonchev–Trinajstić information content (AvgIpc) is 1.60. The van der Waals surface area contributed by atoms with Crippen molar-refractivity contribution in [3.05, 3.63) is 160 Å². The minimum atomic E-state index is -4.46. The number of carboxylic acid groups (broad SMARTS) is 1. The molecule has 4 aromatic carbocycles. The maximum Gasteiger partial charge on any atom is 0.326 e. The summed E-state index contributed by atoms with van der Waals surface area (Å²) in [5, 5.41) is 17.0. The van der Waals surface area contributed by atoms with Gasteiger partial charge in [-0.25, -0.2) is 9.59 Å². The van der Waals surface area contributed by atoms with E-state index in [1.807, 2.05) is 54.6 Å². The summed E-state index contributed by atoms with van der Waals surface area (Å²) in [7, 11) is -13.4. The zero-order valence-electron chi connectivity index (χ0n) is 58.1. The van der Waals surface area contributed by atoms with Gasteiger partial charge in [0.15, 0.2) is 11.5 Å². The number of hydrogen-bond donors (Lipinski definition) is 8. The van der Waals surface area contributed by atoms with Crippen LogP contribution < -0.4 is 25.6 Å². The molecule has 24 heteroatoms. The summed E-state index contributed by atoms with van der Waals surface area (Å²) in [6, 6.07) is 24.1. The molecule has 0 saturated heterocycles.